The molecule has 8 nitrogen and oxygen atoms in total. The van der Waals surface area contributed by atoms with Gasteiger partial charge in [0.25, 0.3) is 5.91 Å². The molecule has 0 aromatic heterocycles. The number of hydrogen-bond donors (Lipinski definition) is 1. The van der Waals surface area contributed by atoms with Gasteiger partial charge in [-0.05, 0) is 92.5 Å². The van der Waals surface area contributed by atoms with Crippen LogP contribution in [0.25, 0.3) is 0 Å². The van der Waals surface area contributed by atoms with Crippen LogP contribution >= 0.6 is 0 Å². The number of anilines is 1. The topological polar surface area (TPSA) is 90.4 Å². The zero-order chi connectivity index (χ0) is 31.2. The van der Waals surface area contributed by atoms with E-state index in [2.05, 4.69) is 30.6 Å². The summed E-state index contributed by atoms with van der Waals surface area (Å²) in [4.78, 5) is 44.1. The molecule has 0 bridgehead atoms. The number of carboxylic acids is 1. The lowest BCUT2D eigenvalue weighted by Crippen LogP contribution is -2.57. The number of fused-ring (bicyclic) bond motifs is 1. The number of carbonyl (C=O) groups excluding carboxylic acids is 2. The van der Waals surface area contributed by atoms with Crippen molar-refractivity contribution in [2.75, 3.05) is 44.2 Å². The van der Waals surface area contributed by atoms with Crippen LogP contribution in [-0.2, 0) is 4.74 Å². The molecule has 2 saturated heterocycles. The molecule has 43 heavy (non-hydrogen) atoms. The Morgan fingerprint density at radius 2 is 1.51 bits per heavy atom. The zero-order valence-electron chi connectivity index (χ0n) is 26.6. The summed E-state index contributed by atoms with van der Waals surface area (Å²) in [6.45, 7) is 16.5. The molecule has 3 atom stereocenters. The molecule has 1 saturated carbocycles. The zero-order valence-corrected chi connectivity index (χ0v) is 26.6. The highest BCUT2D eigenvalue weighted by atomic mass is 16.6. The van der Waals surface area contributed by atoms with Crippen molar-refractivity contribution in [1.29, 1.82) is 0 Å². The number of ether oxygens (including phenoxy) is 1. The minimum Gasteiger partial charge on any atom is -0.478 e. The van der Waals surface area contributed by atoms with Crippen LogP contribution in [-0.4, -0.2) is 77.7 Å². The fourth-order valence-electron chi connectivity index (χ4n) is 8.06. The number of rotatable bonds is 4. The molecule has 2 aromatic rings. The third-order valence-electron chi connectivity index (χ3n) is 10.1. The minimum absolute atomic E-state index is 0.00288. The van der Waals surface area contributed by atoms with Crippen LogP contribution in [0.4, 0.5) is 10.5 Å². The number of carboxylic acid groups (broad SMARTS) is 1. The molecule has 0 spiro atoms. The molecule has 2 aromatic carbocycles. The van der Waals surface area contributed by atoms with Gasteiger partial charge in [0.1, 0.15) is 5.60 Å². The van der Waals surface area contributed by atoms with Gasteiger partial charge < -0.3 is 24.5 Å². The van der Waals surface area contributed by atoms with Gasteiger partial charge in [0.15, 0.2) is 0 Å². The normalized spacial score (nSPS) is 25.6. The number of piperazine rings is 1. The quantitative estimate of drug-likeness (QED) is 0.437. The van der Waals surface area contributed by atoms with Gasteiger partial charge in [0, 0.05) is 45.0 Å². The smallest absolute Gasteiger partial charge is 0.410 e. The van der Waals surface area contributed by atoms with E-state index in [1.807, 2.05) is 57.2 Å². The van der Waals surface area contributed by atoms with Gasteiger partial charge in [-0.15, -0.1) is 0 Å². The number of aromatic carboxylic acids is 1. The Morgan fingerprint density at radius 1 is 0.860 bits per heavy atom. The molecular formula is C35H47N3O5. The van der Waals surface area contributed by atoms with Crippen molar-refractivity contribution in [3.63, 3.8) is 0 Å². The number of hydrogen-bond acceptors (Lipinski definition) is 5. The lowest BCUT2D eigenvalue weighted by atomic mass is 9.49. The van der Waals surface area contributed by atoms with E-state index in [1.54, 1.807) is 17.0 Å². The number of amides is 2. The largest absolute Gasteiger partial charge is 0.478 e. The molecule has 2 amide bonds. The number of piperidine rings is 1. The Morgan fingerprint density at radius 3 is 2.14 bits per heavy atom. The van der Waals surface area contributed by atoms with Gasteiger partial charge in [-0.1, -0.05) is 45.0 Å². The van der Waals surface area contributed by atoms with E-state index < -0.39 is 11.6 Å². The highest BCUT2D eigenvalue weighted by Crippen LogP contribution is 2.60. The second kappa shape index (κ2) is 11.5. The third kappa shape index (κ3) is 6.24. The van der Waals surface area contributed by atoms with E-state index >= 15 is 0 Å². The van der Waals surface area contributed by atoms with Crippen molar-refractivity contribution in [3.8, 4) is 0 Å². The Labute approximate surface area is 256 Å². The summed E-state index contributed by atoms with van der Waals surface area (Å²) in [6, 6.07) is 15.3. The molecular weight excluding hydrogens is 542 g/mol. The maximum Gasteiger partial charge on any atom is 0.410 e. The first kappa shape index (κ1) is 30.9. The van der Waals surface area contributed by atoms with E-state index in [0.29, 0.717) is 50.1 Å². The number of nitrogens with zero attached hydrogens (tertiary/aromatic N) is 3. The van der Waals surface area contributed by atoms with Crippen LogP contribution in [0.1, 0.15) is 93.0 Å². The second-order valence-electron chi connectivity index (χ2n) is 14.5. The highest BCUT2D eigenvalue weighted by Gasteiger charge is 2.54. The van der Waals surface area contributed by atoms with Gasteiger partial charge in [0.2, 0.25) is 0 Å². The van der Waals surface area contributed by atoms with E-state index in [9.17, 15) is 19.5 Å². The number of benzene rings is 2. The van der Waals surface area contributed by atoms with Gasteiger partial charge in [0.05, 0.1) is 11.1 Å². The summed E-state index contributed by atoms with van der Waals surface area (Å²) < 4.78 is 5.56. The Kier molecular flexibility index (Phi) is 8.27. The molecule has 232 valence electrons. The van der Waals surface area contributed by atoms with Crippen molar-refractivity contribution < 1.29 is 24.2 Å². The molecule has 3 aliphatic rings. The van der Waals surface area contributed by atoms with Crippen molar-refractivity contribution in [1.82, 2.24) is 9.80 Å². The predicted octanol–water partition coefficient (Wildman–Crippen LogP) is 6.51. The maximum atomic E-state index is 14.1. The first-order valence-corrected chi connectivity index (χ1v) is 15.6. The molecule has 3 fully saturated rings. The highest BCUT2D eigenvalue weighted by molar-refractivity contribution is 6.00. The van der Waals surface area contributed by atoms with E-state index in [4.69, 9.17) is 4.74 Å². The van der Waals surface area contributed by atoms with Gasteiger partial charge in [-0.25, -0.2) is 9.59 Å². The van der Waals surface area contributed by atoms with Crippen LogP contribution in [0, 0.1) is 16.7 Å². The maximum absolute atomic E-state index is 14.1. The van der Waals surface area contributed by atoms with Gasteiger partial charge in [-0.3, -0.25) is 4.79 Å². The first-order chi connectivity index (χ1) is 20.2. The van der Waals surface area contributed by atoms with Crippen molar-refractivity contribution in [3.05, 3.63) is 65.2 Å². The third-order valence-corrected chi connectivity index (χ3v) is 10.1. The second-order valence-corrected chi connectivity index (χ2v) is 14.5. The molecule has 0 radical (unpaired) electrons. The summed E-state index contributed by atoms with van der Waals surface area (Å²) in [5, 5.41) is 9.33. The fraction of sp³-hybridized carbons (Fsp3) is 0.571. The first-order valence-electron chi connectivity index (χ1n) is 15.6. The average Bonchev–Trinajstić information content (AvgIpc) is 2.95. The van der Waals surface area contributed by atoms with Crippen LogP contribution < -0.4 is 4.90 Å². The van der Waals surface area contributed by atoms with Gasteiger partial charge in [-0.2, -0.15) is 0 Å². The molecule has 2 aliphatic heterocycles. The molecule has 1 unspecified atom stereocenters. The van der Waals surface area contributed by atoms with Crippen LogP contribution in [0.2, 0.25) is 0 Å². The summed E-state index contributed by atoms with van der Waals surface area (Å²) in [5.74, 6) is -0.0355. The van der Waals surface area contributed by atoms with E-state index in [-0.39, 0.29) is 22.8 Å². The summed E-state index contributed by atoms with van der Waals surface area (Å²) >= 11 is 0. The Hall–Kier alpha value is -3.55. The van der Waals surface area contributed by atoms with Crippen molar-refractivity contribution >= 4 is 23.7 Å². The minimum atomic E-state index is -0.899. The van der Waals surface area contributed by atoms with Crippen LogP contribution in [0.3, 0.4) is 0 Å². The molecule has 1 N–H and O–H groups in total. The lowest BCUT2D eigenvalue weighted by Gasteiger charge is -2.59. The standard InChI is InChI=1S/C35H47N3O5/c1-33(2,3)43-32(42)37-21-19-36(20-22-37)28-10-8-7-9-26(28)30(39)38-18-16-29-34(4,5)27(15-17-35(29,6)23-38)24-11-13-25(14-12-24)31(40)41/h7-14,27,29H,15-23H2,1-6H3,(H,40,41)/t27-,29?,35-/m1/s1. The van der Waals surface area contributed by atoms with E-state index in [0.717, 1.165) is 37.1 Å². The van der Waals surface area contributed by atoms with Gasteiger partial charge >= 0.3 is 12.1 Å². The Balaban J connectivity index is 1.27. The van der Waals surface area contributed by atoms with Crippen molar-refractivity contribution in [2.24, 2.45) is 16.7 Å². The molecule has 8 heteroatoms. The summed E-state index contributed by atoms with van der Waals surface area (Å²) in [5.41, 5.74) is 2.66. The van der Waals surface area contributed by atoms with E-state index in [1.165, 1.54) is 5.56 Å². The van der Waals surface area contributed by atoms with Crippen LogP contribution in [0.5, 0.6) is 0 Å². The number of para-hydroxylation sites is 1. The molecule has 5 rings (SSSR count). The fourth-order valence-corrected chi connectivity index (χ4v) is 8.06. The van der Waals surface area contributed by atoms with Crippen molar-refractivity contribution in [2.45, 2.75) is 72.3 Å². The lowest BCUT2D eigenvalue weighted by molar-refractivity contribution is -0.0670. The SMILES string of the molecule is CC(C)(C)OC(=O)N1CCN(c2ccccc2C(=O)N2CCC3C(C)(C)[C@@H](c4ccc(C(=O)O)cc4)CC[C@]3(C)C2)CC1. The summed E-state index contributed by atoms with van der Waals surface area (Å²) in [7, 11) is 0. The predicted molar refractivity (Wildman–Crippen MR) is 168 cm³/mol. The molecule has 1 aliphatic carbocycles. The monoisotopic (exact) mass is 589 g/mol. The Bertz CT molecular complexity index is 1360. The van der Waals surface area contributed by atoms with Crippen LogP contribution in [0.15, 0.2) is 48.5 Å². The number of likely N-dealkylation sites (tertiary alicyclic amines) is 1. The number of carbonyl (C=O) groups is 3. The average molecular weight is 590 g/mol. The molecule has 2 heterocycles. The summed E-state index contributed by atoms with van der Waals surface area (Å²) in [6.07, 6.45) is 2.68.